The Balaban J connectivity index is 1.37. The van der Waals surface area contributed by atoms with Crippen molar-refractivity contribution < 1.29 is 9.53 Å². The number of hydrogen-bond donors (Lipinski definition) is 0. The summed E-state index contributed by atoms with van der Waals surface area (Å²) in [4.78, 5) is 13.5. The molecule has 0 fully saturated rings. The lowest BCUT2D eigenvalue weighted by atomic mass is 9.85. The summed E-state index contributed by atoms with van der Waals surface area (Å²) < 4.78 is 6.07. The number of hydrogen-bond acceptors (Lipinski definition) is 3. The van der Waals surface area contributed by atoms with Gasteiger partial charge in [-0.05, 0) is 96.0 Å². The Morgan fingerprint density at radius 2 is 2.00 bits per heavy atom. The maximum atomic E-state index is 11.4. The van der Waals surface area contributed by atoms with Crippen LogP contribution >= 0.6 is 11.6 Å². The molecule has 2 unspecified atom stereocenters. The first-order valence-corrected chi connectivity index (χ1v) is 11.0. The van der Waals surface area contributed by atoms with Crippen LogP contribution in [0, 0.1) is 0 Å². The lowest BCUT2D eigenvalue weighted by Gasteiger charge is -2.35. The molecule has 1 aliphatic heterocycles. The average molecular weight is 422 g/mol. The largest absolute Gasteiger partial charge is 0.494 e. The molecule has 3 nitrogen and oxygen atoms in total. The Kier molecular flexibility index (Phi) is 6.29. The summed E-state index contributed by atoms with van der Waals surface area (Å²) >= 11 is 5.66. The van der Waals surface area contributed by atoms with Gasteiger partial charge in [-0.2, -0.15) is 0 Å². The fraction of sp³-hybridized carbons (Fsp3) is 0.346. The van der Waals surface area contributed by atoms with Crippen LogP contribution in [0.5, 0.6) is 5.75 Å². The number of nitrogens with zero attached hydrogens (tertiary/aromatic N) is 1. The number of fused-ring (bicyclic) bond motifs is 1. The SMILES string of the molecule is CC1=C(CN2C=CC2C(=O)Cl)CCc2cc(OCCC(C)c3ccccc3)ccc21. The molecule has 0 spiro atoms. The third kappa shape index (κ3) is 4.46. The normalized spacial score (nSPS) is 18.6. The van der Waals surface area contributed by atoms with Gasteiger partial charge in [-0.1, -0.05) is 43.3 Å². The Morgan fingerprint density at radius 1 is 1.20 bits per heavy atom. The van der Waals surface area contributed by atoms with Crippen molar-refractivity contribution in [2.45, 2.75) is 45.1 Å². The van der Waals surface area contributed by atoms with Crippen LogP contribution in [0.15, 0.2) is 66.4 Å². The Morgan fingerprint density at radius 3 is 2.70 bits per heavy atom. The zero-order chi connectivity index (χ0) is 21.1. The standard InChI is InChI=1S/C26H28ClNO2/c1-18(20-6-4-3-5-7-20)13-15-30-23-10-11-24-19(2)22(9-8-21(24)16-23)17-28-14-12-25(28)26(27)29/h3-7,10-12,14,16,18,25H,8-9,13,15,17H2,1-2H3. The number of carbonyl (C=O) groups is 1. The van der Waals surface area contributed by atoms with Gasteiger partial charge in [0.15, 0.2) is 0 Å². The van der Waals surface area contributed by atoms with Crippen LogP contribution in [0.25, 0.3) is 5.57 Å². The molecule has 2 aliphatic rings. The van der Waals surface area contributed by atoms with Gasteiger partial charge in [-0.15, -0.1) is 0 Å². The molecule has 30 heavy (non-hydrogen) atoms. The van der Waals surface area contributed by atoms with Crippen molar-refractivity contribution in [2.75, 3.05) is 13.2 Å². The number of allylic oxidation sites excluding steroid dienone is 1. The van der Waals surface area contributed by atoms with E-state index in [0.29, 0.717) is 12.5 Å². The van der Waals surface area contributed by atoms with Gasteiger partial charge in [0.05, 0.1) is 6.61 Å². The first kappa shape index (κ1) is 20.7. The predicted octanol–water partition coefficient (Wildman–Crippen LogP) is 5.94. The van der Waals surface area contributed by atoms with Crippen molar-refractivity contribution >= 4 is 22.4 Å². The Labute approximate surface area is 184 Å². The van der Waals surface area contributed by atoms with Crippen LogP contribution in [-0.4, -0.2) is 29.3 Å². The molecule has 1 aliphatic carbocycles. The number of carbonyl (C=O) groups excluding carboxylic acids is 1. The number of ether oxygens (including phenoxy) is 1. The maximum absolute atomic E-state index is 11.4. The second kappa shape index (κ2) is 9.09. The van der Waals surface area contributed by atoms with Gasteiger partial charge in [-0.25, -0.2) is 0 Å². The number of benzene rings is 2. The molecule has 2 aromatic rings. The molecule has 0 saturated heterocycles. The van der Waals surface area contributed by atoms with Crippen LogP contribution < -0.4 is 4.74 Å². The molecule has 1 heterocycles. The second-order valence-electron chi connectivity index (χ2n) is 8.26. The van der Waals surface area contributed by atoms with E-state index >= 15 is 0 Å². The van der Waals surface area contributed by atoms with Crippen LogP contribution in [0.4, 0.5) is 0 Å². The molecular formula is C26H28ClNO2. The van der Waals surface area contributed by atoms with Crippen LogP contribution in [-0.2, 0) is 11.2 Å². The zero-order valence-corrected chi connectivity index (χ0v) is 18.4. The summed E-state index contributed by atoms with van der Waals surface area (Å²) in [5, 5.41) is -0.310. The summed E-state index contributed by atoms with van der Waals surface area (Å²) in [7, 11) is 0. The lowest BCUT2D eigenvalue weighted by molar-refractivity contribution is -0.115. The van der Waals surface area contributed by atoms with E-state index in [-0.39, 0.29) is 11.3 Å². The van der Waals surface area contributed by atoms with E-state index in [9.17, 15) is 4.79 Å². The average Bonchev–Trinajstić information content (AvgIpc) is 2.72. The zero-order valence-electron chi connectivity index (χ0n) is 17.6. The van der Waals surface area contributed by atoms with E-state index in [1.54, 1.807) is 0 Å². The van der Waals surface area contributed by atoms with E-state index in [2.05, 4.69) is 62.4 Å². The van der Waals surface area contributed by atoms with Gasteiger partial charge in [0.1, 0.15) is 11.8 Å². The van der Waals surface area contributed by atoms with E-state index in [1.165, 1.54) is 27.8 Å². The molecule has 4 rings (SSSR count). The molecule has 0 N–H and O–H groups in total. The highest BCUT2D eigenvalue weighted by Gasteiger charge is 2.28. The monoisotopic (exact) mass is 421 g/mol. The Bertz CT molecular complexity index is 980. The number of rotatable bonds is 8. The highest BCUT2D eigenvalue weighted by molar-refractivity contribution is 6.65. The van der Waals surface area contributed by atoms with Crippen molar-refractivity contribution in [3.05, 3.63) is 83.1 Å². The third-order valence-corrected chi connectivity index (χ3v) is 6.54. The molecule has 156 valence electrons. The van der Waals surface area contributed by atoms with Crippen molar-refractivity contribution in [2.24, 2.45) is 0 Å². The molecule has 0 aromatic heterocycles. The van der Waals surface area contributed by atoms with Crippen molar-refractivity contribution in [1.29, 1.82) is 0 Å². The molecule has 0 bridgehead atoms. The smallest absolute Gasteiger partial charge is 0.248 e. The fourth-order valence-electron chi connectivity index (χ4n) is 4.27. The summed E-state index contributed by atoms with van der Waals surface area (Å²) in [6, 6.07) is 16.8. The summed E-state index contributed by atoms with van der Waals surface area (Å²) in [5.41, 5.74) is 6.67. The first-order valence-electron chi connectivity index (χ1n) is 10.7. The quantitative estimate of drug-likeness (QED) is 0.494. The minimum Gasteiger partial charge on any atom is -0.494 e. The minimum atomic E-state index is -0.310. The molecular weight excluding hydrogens is 394 g/mol. The van der Waals surface area contributed by atoms with Gasteiger partial charge >= 0.3 is 0 Å². The maximum Gasteiger partial charge on any atom is 0.248 e. The van der Waals surface area contributed by atoms with Crippen molar-refractivity contribution in [3.8, 4) is 5.75 Å². The molecule has 2 atom stereocenters. The fourth-order valence-corrected chi connectivity index (χ4v) is 4.46. The summed E-state index contributed by atoms with van der Waals surface area (Å²) in [5.74, 6) is 1.43. The molecule has 0 amide bonds. The minimum absolute atomic E-state index is 0.276. The van der Waals surface area contributed by atoms with E-state index in [4.69, 9.17) is 16.3 Å². The summed E-state index contributed by atoms with van der Waals surface area (Å²) in [6.45, 7) is 5.90. The van der Waals surface area contributed by atoms with Gasteiger partial charge < -0.3 is 9.64 Å². The van der Waals surface area contributed by atoms with Gasteiger partial charge in [0, 0.05) is 6.54 Å². The lowest BCUT2D eigenvalue weighted by Crippen LogP contribution is -2.42. The van der Waals surface area contributed by atoms with E-state index in [0.717, 1.165) is 31.6 Å². The highest BCUT2D eigenvalue weighted by atomic mass is 35.5. The molecule has 0 radical (unpaired) electrons. The van der Waals surface area contributed by atoms with Gasteiger partial charge in [-0.3, -0.25) is 4.79 Å². The molecule has 4 heteroatoms. The number of halogens is 1. The van der Waals surface area contributed by atoms with Crippen LogP contribution in [0.3, 0.4) is 0 Å². The first-order chi connectivity index (χ1) is 14.5. The second-order valence-corrected chi connectivity index (χ2v) is 8.63. The van der Waals surface area contributed by atoms with Crippen LogP contribution in [0.1, 0.15) is 49.3 Å². The third-order valence-electron chi connectivity index (χ3n) is 6.32. The van der Waals surface area contributed by atoms with E-state index in [1.807, 2.05) is 17.2 Å². The predicted molar refractivity (Wildman–Crippen MR) is 123 cm³/mol. The van der Waals surface area contributed by atoms with Crippen molar-refractivity contribution in [3.63, 3.8) is 0 Å². The van der Waals surface area contributed by atoms with Crippen LogP contribution in [0.2, 0.25) is 0 Å². The summed E-state index contributed by atoms with van der Waals surface area (Å²) in [6.07, 6.45) is 6.80. The number of aryl methyl sites for hydroxylation is 1. The van der Waals surface area contributed by atoms with Gasteiger partial charge in [0.2, 0.25) is 5.24 Å². The van der Waals surface area contributed by atoms with E-state index < -0.39 is 0 Å². The highest BCUT2D eigenvalue weighted by Crippen LogP contribution is 2.35. The topological polar surface area (TPSA) is 29.5 Å². The molecule has 2 aromatic carbocycles. The Hall–Kier alpha value is -2.52. The van der Waals surface area contributed by atoms with Gasteiger partial charge in [0.25, 0.3) is 0 Å². The molecule has 0 saturated carbocycles. The van der Waals surface area contributed by atoms with Crippen molar-refractivity contribution in [1.82, 2.24) is 4.90 Å².